The standard InChI is InChI=1S/C17H19P/c1-12-8-10-15(11-9-12)17(14(3)18)16-7-5-4-6-13(16)2/h4-11H,18H2,1-3H3/b17-14+. The molecule has 0 amide bonds. The highest BCUT2D eigenvalue weighted by molar-refractivity contribution is 7.23. The SMILES string of the molecule is C/C(P)=C(/c1ccc(C)cc1)c1ccccc1C. The van der Waals surface area contributed by atoms with Crippen molar-refractivity contribution in [3.63, 3.8) is 0 Å². The molecule has 0 fully saturated rings. The van der Waals surface area contributed by atoms with Gasteiger partial charge in [-0.05, 0) is 48.3 Å². The van der Waals surface area contributed by atoms with Crippen molar-refractivity contribution in [3.05, 3.63) is 76.1 Å². The van der Waals surface area contributed by atoms with E-state index in [1.807, 2.05) is 0 Å². The Labute approximate surface area is 112 Å². The zero-order chi connectivity index (χ0) is 13.1. The highest BCUT2D eigenvalue weighted by Gasteiger charge is 2.08. The lowest BCUT2D eigenvalue weighted by Gasteiger charge is -2.13. The smallest absolute Gasteiger partial charge is 0.00800 e. The maximum atomic E-state index is 2.83. The Kier molecular flexibility index (Phi) is 3.99. The molecule has 1 unspecified atom stereocenters. The average molecular weight is 254 g/mol. The lowest BCUT2D eigenvalue weighted by atomic mass is 9.94. The molecule has 0 saturated heterocycles. The molecule has 1 atom stereocenters. The highest BCUT2D eigenvalue weighted by Crippen LogP contribution is 2.31. The molecule has 0 saturated carbocycles. The zero-order valence-electron chi connectivity index (χ0n) is 11.2. The zero-order valence-corrected chi connectivity index (χ0v) is 12.4. The lowest BCUT2D eigenvalue weighted by Crippen LogP contribution is -1.92. The second kappa shape index (κ2) is 5.50. The maximum absolute atomic E-state index is 2.83. The number of hydrogen-bond acceptors (Lipinski definition) is 0. The molecule has 0 spiro atoms. The normalized spacial score (nSPS) is 12.2. The van der Waals surface area contributed by atoms with E-state index in [0.717, 1.165) is 0 Å². The van der Waals surface area contributed by atoms with Crippen LogP contribution in [0.3, 0.4) is 0 Å². The van der Waals surface area contributed by atoms with Crippen molar-refractivity contribution in [1.82, 2.24) is 0 Å². The Balaban J connectivity index is 2.59. The molecule has 2 rings (SSSR count). The number of hydrogen-bond donors (Lipinski definition) is 0. The molecule has 18 heavy (non-hydrogen) atoms. The summed E-state index contributed by atoms with van der Waals surface area (Å²) in [6.07, 6.45) is 0. The molecule has 0 nitrogen and oxygen atoms in total. The fourth-order valence-corrected chi connectivity index (χ4v) is 2.49. The van der Waals surface area contributed by atoms with Gasteiger partial charge in [-0.25, -0.2) is 0 Å². The van der Waals surface area contributed by atoms with Crippen LogP contribution in [0.25, 0.3) is 5.57 Å². The Morgan fingerprint density at radius 2 is 1.50 bits per heavy atom. The predicted molar refractivity (Wildman–Crippen MR) is 83.8 cm³/mol. The number of rotatable bonds is 2. The lowest BCUT2D eigenvalue weighted by molar-refractivity contribution is 1.39. The van der Waals surface area contributed by atoms with Crippen molar-refractivity contribution >= 4 is 14.8 Å². The minimum absolute atomic E-state index is 1.27. The minimum Gasteiger partial charge on any atom is -0.110 e. The Morgan fingerprint density at radius 1 is 0.889 bits per heavy atom. The van der Waals surface area contributed by atoms with Gasteiger partial charge in [-0.2, -0.15) is 0 Å². The maximum Gasteiger partial charge on any atom is -0.00800 e. The second-order valence-electron chi connectivity index (χ2n) is 4.74. The van der Waals surface area contributed by atoms with Gasteiger partial charge in [0.05, 0.1) is 0 Å². The van der Waals surface area contributed by atoms with Crippen molar-refractivity contribution in [2.24, 2.45) is 0 Å². The summed E-state index contributed by atoms with van der Waals surface area (Å²) < 4.78 is 0. The molecule has 0 bridgehead atoms. The molecule has 0 aromatic heterocycles. The molecule has 1 heteroatoms. The van der Waals surface area contributed by atoms with Gasteiger partial charge in [0.15, 0.2) is 0 Å². The third-order valence-corrected chi connectivity index (χ3v) is 3.44. The van der Waals surface area contributed by atoms with Crippen molar-refractivity contribution < 1.29 is 0 Å². The van der Waals surface area contributed by atoms with Crippen molar-refractivity contribution in [2.45, 2.75) is 20.8 Å². The summed E-state index contributed by atoms with van der Waals surface area (Å²) in [6, 6.07) is 17.3. The Hall–Kier alpha value is -1.39. The van der Waals surface area contributed by atoms with Crippen LogP contribution >= 0.6 is 9.24 Å². The van der Waals surface area contributed by atoms with Crippen LogP contribution in [-0.4, -0.2) is 0 Å². The van der Waals surface area contributed by atoms with Crippen LogP contribution in [0.2, 0.25) is 0 Å². The van der Waals surface area contributed by atoms with Gasteiger partial charge in [0.2, 0.25) is 0 Å². The third kappa shape index (κ3) is 2.71. The van der Waals surface area contributed by atoms with E-state index in [4.69, 9.17) is 0 Å². The van der Waals surface area contributed by atoms with Crippen molar-refractivity contribution in [3.8, 4) is 0 Å². The summed E-state index contributed by atoms with van der Waals surface area (Å²) in [5.41, 5.74) is 6.52. The number of allylic oxidation sites excluding steroid dienone is 1. The van der Waals surface area contributed by atoms with Crippen LogP contribution in [0.5, 0.6) is 0 Å². The van der Waals surface area contributed by atoms with Gasteiger partial charge in [-0.15, -0.1) is 9.24 Å². The van der Waals surface area contributed by atoms with Crippen LogP contribution in [0.15, 0.2) is 53.8 Å². The van der Waals surface area contributed by atoms with Gasteiger partial charge < -0.3 is 0 Å². The largest absolute Gasteiger partial charge is 0.110 e. The summed E-state index contributed by atoms with van der Waals surface area (Å²) in [5.74, 6) is 0. The quantitative estimate of drug-likeness (QED) is 0.665. The van der Waals surface area contributed by atoms with E-state index in [9.17, 15) is 0 Å². The van der Waals surface area contributed by atoms with E-state index in [0.29, 0.717) is 0 Å². The minimum atomic E-state index is 1.27. The number of benzene rings is 2. The molecule has 0 N–H and O–H groups in total. The van der Waals surface area contributed by atoms with E-state index in [2.05, 4.69) is 78.5 Å². The second-order valence-corrected chi connectivity index (χ2v) is 5.60. The van der Waals surface area contributed by atoms with Gasteiger partial charge in [0, 0.05) is 0 Å². The van der Waals surface area contributed by atoms with Crippen molar-refractivity contribution in [2.75, 3.05) is 0 Å². The van der Waals surface area contributed by atoms with Crippen LogP contribution in [0, 0.1) is 13.8 Å². The van der Waals surface area contributed by atoms with E-state index in [-0.39, 0.29) is 0 Å². The third-order valence-electron chi connectivity index (χ3n) is 3.15. The number of aryl methyl sites for hydroxylation is 2. The molecule has 0 aliphatic rings. The van der Waals surface area contributed by atoms with Crippen LogP contribution in [0.4, 0.5) is 0 Å². The first kappa shape index (κ1) is 13.1. The first-order valence-electron chi connectivity index (χ1n) is 6.19. The summed E-state index contributed by atoms with van der Waals surface area (Å²) >= 11 is 0. The topological polar surface area (TPSA) is 0 Å². The summed E-state index contributed by atoms with van der Waals surface area (Å²) in [5, 5.41) is 1.27. The molecule has 0 aliphatic heterocycles. The monoisotopic (exact) mass is 254 g/mol. The van der Waals surface area contributed by atoms with Crippen LogP contribution in [0.1, 0.15) is 29.2 Å². The average Bonchev–Trinajstić information content (AvgIpc) is 2.34. The van der Waals surface area contributed by atoms with Crippen molar-refractivity contribution in [1.29, 1.82) is 0 Å². The molecular weight excluding hydrogens is 235 g/mol. The van der Waals surface area contributed by atoms with Gasteiger partial charge in [-0.1, -0.05) is 54.1 Å². The molecule has 92 valence electrons. The van der Waals surface area contributed by atoms with Gasteiger partial charge >= 0.3 is 0 Å². The first-order chi connectivity index (χ1) is 8.59. The molecule has 2 aromatic rings. The Morgan fingerprint density at radius 3 is 2.06 bits per heavy atom. The first-order valence-corrected chi connectivity index (χ1v) is 6.76. The van der Waals surface area contributed by atoms with E-state index in [1.54, 1.807) is 0 Å². The van der Waals surface area contributed by atoms with Crippen LogP contribution < -0.4 is 0 Å². The predicted octanol–water partition coefficient (Wildman–Crippen LogP) is 4.96. The molecule has 0 aliphatic carbocycles. The van der Waals surface area contributed by atoms with Gasteiger partial charge in [0.1, 0.15) is 0 Å². The van der Waals surface area contributed by atoms with E-state index >= 15 is 0 Å². The molecule has 0 radical (unpaired) electrons. The van der Waals surface area contributed by atoms with E-state index in [1.165, 1.54) is 33.1 Å². The van der Waals surface area contributed by atoms with Gasteiger partial charge in [0.25, 0.3) is 0 Å². The fourth-order valence-electron chi connectivity index (χ4n) is 2.17. The summed E-state index contributed by atoms with van der Waals surface area (Å²) in [7, 11) is 2.83. The van der Waals surface area contributed by atoms with E-state index < -0.39 is 0 Å². The Bertz CT molecular complexity index is 573. The molecule has 0 heterocycles. The summed E-state index contributed by atoms with van der Waals surface area (Å²) in [4.78, 5) is 0. The van der Waals surface area contributed by atoms with Gasteiger partial charge in [-0.3, -0.25) is 0 Å². The molecule has 2 aromatic carbocycles. The summed E-state index contributed by atoms with van der Waals surface area (Å²) in [6.45, 7) is 6.43. The fraction of sp³-hybridized carbons (Fsp3) is 0.176. The highest BCUT2D eigenvalue weighted by atomic mass is 31.0. The molecular formula is C17H19P. The van der Waals surface area contributed by atoms with Crippen LogP contribution in [-0.2, 0) is 0 Å².